The highest BCUT2D eigenvalue weighted by Gasteiger charge is 2.17. The van der Waals surface area contributed by atoms with Gasteiger partial charge in [0.2, 0.25) is 0 Å². The molecule has 0 unspecified atom stereocenters. The summed E-state index contributed by atoms with van der Waals surface area (Å²) in [6.07, 6.45) is 1.93. The summed E-state index contributed by atoms with van der Waals surface area (Å²) < 4.78 is 6.71. The lowest BCUT2D eigenvalue weighted by molar-refractivity contribution is 0.0587. The number of carbonyl (C=O) groups excluding carboxylic acids is 1. The Bertz CT molecular complexity index is 602. The fourth-order valence-corrected chi connectivity index (χ4v) is 2.26. The van der Waals surface area contributed by atoms with Crippen LogP contribution in [0.4, 0.5) is 0 Å². The quantitative estimate of drug-likeness (QED) is 0.788. The van der Waals surface area contributed by atoms with Gasteiger partial charge in [0.15, 0.2) is 0 Å². The summed E-state index contributed by atoms with van der Waals surface area (Å²) in [7, 11) is 1.38. The molecule has 0 amide bonds. The van der Waals surface area contributed by atoms with Crippen molar-refractivity contribution in [2.45, 2.75) is 19.9 Å². The van der Waals surface area contributed by atoms with Crippen molar-refractivity contribution in [1.29, 1.82) is 0 Å². The summed E-state index contributed by atoms with van der Waals surface area (Å²) in [6.45, 7) is 4.03. The van der Waals surface area contributed by atoms with E-state index in [9.17, 15) is 4.79 Å². The van der Waals surface area contributed by atoms with Gasteiger partial charge in [-0.1, -0.05) is 29.8 Å². The lowest BCUT2D eigenvalue weighted by Crippen LogP contribution is -2.11. The number of hydrogen-bond donors (Lipinski definition) is 0. The van der Waals surface area contributed by atoms with Gasteiger partial charge in [0.25, 0.3) is 0 Å². The van der Waals surface area contributed by atoms with Gasteiger partial charge in [0.1, 0.15) is 5.69 Å². The lowest BCUT2D eigenvalue weighted by Gasteiger charge is -2.10. The largest absolute Gasteiger partial charge is 0.464 e. The van der Waals surface area contributed by atoms with E-state index in [1.54, 1.807) is 0 Å². The molecule has 0 fully saturated rings. The number of methoxy groups -OCH3 is 1. The van der Waals surface area contributed by atoms with E-state index in [4.69, 9.17) is 16.3 Å². The maximum Gasteiger partial charge on any atom is 0.354 e. The van der Waals surface area contributed by atoms with Gasteiger partial charge in [0.05, 0.1) is 7.11 Å². The zero-order valence-corrected chi connectivity index (χ0v) is 11.9. The van der Waals surface area contributed by atoms with Gasteiger partial charge >= 0.3 is 5.97 Å². The van der Waals surface area contributed by atoms with Gasteiger partial charge < -0.3 is 9.30 Å². The molecule has 2 aromatic rings. The molecule has 19 heavy (non-hydrogen) atoms. The predicted molar refractivity (Wildman–Crippen MR) is 76.6 cm³/mol. The molecule has 0 saturated carbocycles. The fourth-order valence-electron chi connectivity index (χ4n) is 2.02. The smallest absolute Gasteiger partial charge is 0.354 e. The van der Waals surface area contributed by atoms with Crippen LogP contribution in [0.25, 0.3) is 11.1 Å². The maximum absolute atomic E-state index is 11.8. The molecule has 2 rings (SSSR count). The van der Waals surface area contributed by atoms with E-state index in [0.717, 1.165) is 11.1 Å². The van der Waals surface area contributed by atoms with Gasteiger partial charge in [-0.15, -0.1) is 0 Å². The van der Waals surface area contributed by atoms with E-state index in [0.29, 0.717) is 10.7 Å². The van der Waals surface area contributed by atoms with Gasteiger partial charge in [0, 0.05) is 28.4 Å². The number of nitrogens with zero attached hydrogens (tertiary/aromatic N) is 1. The summed E-state index contributed by atoms with van der Waals surface area (Å²) in [4.78, 5) is 11.8. The van der Waals surface area contributed by atoms with Crippen molar-refractivity contribution in [3.63, 3.8) is 0 Å². The number of ether oxygens (including phenoxy) is 1. The summed E-state index contributed by atoms with van der Waals surface area (Å²) >= 11 is 6.19. The van der Waals surface area contributed by atoms with Crippen molar-refractivity contribution in [3.05, 3.63) is 47.2 Å². The fraction of sp³-hybridized carbons (Fsp3) is 0.267. The Balaban J connectivity index is 2.55. The van der Waals surface area contributed by atoms with Crippen LogP contribution < -0.4 is 0 Å². The summed E-state index contributed by atoms with van der Waals surface area (Å²) in [5.74, 6) is -0.341. The molecule has 4 heteroatoms. The average Bonchev–Trinajstić information content (AvgIpc) is 2.83. The van der Waals surface area contributed by atoms with Crippen molar-refractivity contribution in [2.75, 3.05) is 7.11 Å². The van der Waals surface area contributed by atoms with Crippen LogP contribution >= 0.6 is 11.6 Å². The zero-order valence-electron chi connectivity index (χ0n) is 11.2. The highest BCUT2D eigenvalue weighted by atomic mass is 35.5. The van der Waals surface area contributed by atoms with Crippen LogP contribution in [0.2, 0.25) is 5.02 Å². The van der Waals surface area contributed by atoms with Gasteiger partial charge in [-0.05, 0) is 26.0 Å². The molecule has 0 radical (unpaired) electrons. The Hall–Kier alpha value is -1.74. The third-order valence-corrected chi connectivity index (χ3v) is 3.31. The molecule has 0 aliphatic heterocycles. The molecular formula is C15H16ClNO2. The van der Waals surface area contributed by atoms with E-state index in [2.05, 4.69) is 0 Å². The highest BCUT2D eigenvalue weighted by molar-refractivity contribution is 6.33. The lowest BCUT2D eigenvalue weighted by atomic mass is 10.1. The van der Waals surface area contributed by atoms with E-state index < -0.39 is 0 Å². The third kappa shape index (κ3) is 2.66. The van der Waals surface area contributed by atoms with Gasteiger partial charge in [-0.2, -0.15) is 0 Å². The standard InChI is InChI=1S/C15H16ClNO2/c1-10(2)17-9-11(8-14(17)15(18)19-3)12-6-4-5-7-13(12)16/h4-10H,1-3H3. The van der Waals surface area contributed by atoms with Crippen LogP contribution in [0.15, 0.2) is 36.5 Å². The Morgan fingerprint density at radius 2 is 2.00 bits per heavy atom. The van der Waals surface area contributed by atoms with Crippen LogP contribution in [0.1, 0.15) is 30.4 Å². The second-order valence-electron chi connectivity index (χ2n) is 4.59. The van der Waals surface area contributed by atoms with E-state index in [1.807, 2.05) is 54.9 Å². The minimum Gasteiger partial charge on any atom is -0.464 e. The summed E-state index contributed by atoms with van der Waals surface area (Å²) in [5, 5.41) is 0.667. The highest BCUT2D eigenvalue weighted by Crippen LogP contribution is 2.30. The molecule has 0 bridgehead atoms. The van der Waals surface area contributed by atoms with Crippen molar-refractivity contribution in [3.8, 4) is 11.1 Å². The minimum atomic E-state index is -0.341. The molecule has 3 nitrogen and oxygen atoms in total. The number of halogens is 1. The number of hydrogen-bond acceptors (Lipinski definition) is 2. The Kier molecular flexibility index (Phi) is 3.96. The monoisotopic (exact) mass is 277 g/mol. The molecule has 100 valence electrons. The number of benzene rings is 1. The first kappa shape index (κ1) is 13.7. The maximum atomic E-state index is 11.8. The van der Waals surface area contributed by atoms with Crippen molar-refractivity contribution >= 4 is 17.6 Å². The topological polar surface area (TPSA) is 31.2 Å². The first-order valence-corrected chi connectivity index (χ1v) is 6.47. The SMILES string of the molecule is COC(=O)c1cc(-c2ccccc2Cl)cn1C(C)C. The Morgan fingerprint density at radius 3 is 2.58 bits per heavy atom. The normalized spacial score (nSPS) is 10.8. The molecule has 0 aliphatic rings. The van der Waals surface area contributed by atoms with Crippen molar-refractivity contribution in [1.82, 2.24) is 4.57 Å². The second kappa shape index (κ2) is 5.49. The summed E-state index contributed by atoms with van der Waals surface area (Å²) in [6, 6.07) is 9.56. The number of aromatic nitrogens is 1. The predicted octanol–water partition coefficient (Wildman–Crippen LogP) is 4.18. The average molecular weight is 278 g/mol. The van der Waals surface area contributed by atoms with Crippen LogP contribution in [-0.4, -0.2) is 17.6 Å². The second-order valence-corrected chi connectivity index (χ2v) is 4.99. The van der Waals surface area contributed by atoms with Crippen molar-refractivity contribution in [2.24, 2.45) is 0 Å². The zero-order chi connectivity index (χ0) is 14.0. The Labute approximate surface area is 117 Å². The molecule has 1 aromatic carbocycles. The minimum absolute atomic E-state index is 0.172. The van der Waals surface area contributed by atoms with E-state index >= 15 is 0 Å². The molecule has 0 atom stereocenters. The number of rotatable bonds is 3. The molecule has 0 N–H and O–H groups in total. The molecule has 0 spiro atoms. The first-order valence-electron chi connectivity index (χ1n) is 6.09. The van der Waals surface area contributed by atoms with Crippen LogP contribution in [0.3, 0.4) is 0 Å². The van der Waals surface area contributed by atoms with Gasteiger partial charge in [-0.3, -0.25) is 0 Å². The van der Waals surface area contributed by atoms with Crippen LogP contribution in [-0.2, 0) is 4.74 Å². The van der Waals surface area contributed by atoms with Gasteiger partial charge in [-0.25, -0.2) is 4.79 Å². The van der Waals surface area contributed by atoms with E-state index in [-0.39, 0.29) is 12.0 Å². The Morgan fingerprint density at radius 1 is 1.32 bits per heavy atom. The molecule has 1 aromatic heterocycles. The summed E-state index contributed by atoms with van der Waals surface area (Å²) in [5.41, 5.74) is 2.36. The number of esters is 1. The van der Waals surface area contributed by atoms with Crippen molar-refractivity contribution < 1.29 is 9.53 Å². The molecule has 1 heterocycles. The van der Waals surface area contributed by atoms with E-state index in [1.165, 1.54) is 7.11 Å². The molecule has 0 saturated heterocycles. The first-order chi connectivity index (χ1) is 9.04. The third-order valence-electron chi connectivity index (χ3n) is 2.98. The van der Waals surface area contributed by atoms with Crippen LogP contribution in [0.5, 0.6) is 0 Å². The molecular weight excluding hydrogens is 262 g/mol. The van der Waals surface area contributed by atoms with Crippen LogP contribution in [0, 0.1) is 0 Å². The molecule has 0 aliphatic carbocycles. The number of carbonyl (C=O) groups is 1.